The minimum absolute atomic E-state index is 0.304. The Kier molecular flexibility index (Phi) is 4.21. The maximum Gasteiger partial charge on any atom is 0.257 e. The molecule has 2 rings (SSSR count). The molecule has 1 aliphatic heterocycles. The van der Waals surface area contributed by atoms with E-state index in [9.17, 15) is 14.3 Å². The third kappa shape index (κ3) is 2.66. The molecule has 0 saturated carbocycles. The summed E-state index contributed by atoms with van der Waals surface area (Å²) in [7, 11) is 1.62. The maximum atomic E-state index is 13.8. The SMILES string of the molecule is COCCCSc1cc2c(cc1F)C(O)C(=O)N2. The van der Waals surface area contributed by atoms with Crippen LogP contribution in [0.4, 0.5) is 10.1 Å². The van der Waals surface area contributed by atoms with Crippen LogP contribution in [0.5, 0.6) is 0 Å². The van der Waals surface area contributed by atoms with Crippen molar-refractivity contribution in [1.82, 2.24) is 0 Å². The summed E-state index contributed by atoms with van der Waals surface area (Å²) in [6.45, 7) is 0.634. The molecule has 18 heavy (non-hydrogen) atoms. The summed E-state index contributed by atoms with van der Waals surface area (Å²) in [4.78, 5) is 11.7. The number of rotatable bonds is 5. The Morgan fingerprint density at radius 3 is 3.06 bits per heavy atom. The molecule has 0 radical (unpaired) electrons. The summed E-state index contributed by atoms with van der Waals surface area (Å²) < 4.78 is 18.7. The second-order valence-corrected chi connectivity index (χ2v) is 5.09. The molecule has 0 aromatic heterocycles. The average Bonchev–Trinajstić information content (AvgIpc) is 2.61. The van der Waals surface area contributed by atoms with E-state index in [-0.39, 0.29) is 0 Å². The topological polar surface area (TPSA) is 58.6 Å². The van der Waals surface area contributed by atoms with Gasteiger partial charge in [0.25, 0.3) is 5.91 Å². The van der Waals surface area contributed by atoms with Gasteiger partial charge in [0.1, 0.15) is 5.82 Å². The van der Waals surface area contributed by atoms with Gasteiger partial charge in [0.05, 0.1) is 0 Å². The second kappa shape index (κ2) is 5.69. The van der Waals surface area contributed by atoms with Crippen LogP contribution in [0.3, 0.4) is 0 Å². The zero-order valence-corrected chi connectivity index (χ0v) is 10.7. The van der Waals surface area contributed by atoms with Gasteiger partial charge in [0, 0.05) is 35.6 Å². The van der Waals surface area contributed by atoms with Gasteiger partial charge in [0.15, 0.2) is 6.10 Å². The monoisotopic (exact) mass is 271 g/mol. The molecule has 0 aliphatic carbocycles. The second-order valence-electron chi connectivity index (χ2n) is 3.96. The number of carbonyl (C=O) groups excluding carboxylic acids is 1. The molecule has 0 saturated heterocycles. The fraction of sp³-hybridized carbons (Fsp3) is 0.417. The van der Waals surface area contributed by atoms with E-state index in [0.29, 0.717) is 22.8 Å². The van der Waals surface area contributed by atoms with Crippen LogP contribution in [0.2, 0.25) is 0 Å². The molecule has 1 unspecified atom stereocenters. The van der Waals surface area contributed by atoms with Crippen molar-refractivity contribution in [2.45, 2.75) is 17.4 Å². The van der Waals surface area contributed by atoms with E-state index in [1.165, 1.54) is 17.8 Å². The largest absolute Gasteiger partial charge is 0.385 e. The number of amides is 1. The zero-order chi connectivity index (χ0) is 13.1. The van der Waals surface area contributed by atoms with E-state index in [2.05, 4.69) is 5.32 Å². The molecule has 6 heteroatoms. The van der Waals surface area contributed by atoms with Crippen LogP contribution in [-0.2, 0) is 9.53 Å². The number of hydrogen-bond acceptors (Lipinski definition) is 4. The van der Waals surface area contributed by atoms with Gasteiger partial charge in [-0.3, -0.25) is 4.79 Å². The molecular weight excluding hydrogens is 257 g/mol. The Bertz CT molecular complexity index is 467. The molecule has 1 atom stereocenters. The molecule has 0 fully saturated rings. The van der Waals surface area contributed by atoms with E-state index in [1.807, 2.05) is 0 Å². The molecule has 4 nitrogen and oxygen atoms in total. The van der Waals surface area contributed by atoms with Gasteiger partial charge in [-0.25, -0.2) is 4.39 Å². The van der Waals surface area contributed by atoms with E-state index < -0.39 is 17.8 Å². The lowest BCUT2D eigenvalue weighted by Gasteiger charge is -2.06. The zero-order valence-electron chi connectivity index (χ0n) is 9.90. The quantitative estimate of drug-likeness (QED) is 0.634. The molecule has 1 aromatic carbocycles. The first-order valence-electron chi connectivity index (χ1n) is 5.57. The van der Waals surface area contributed by atoms with Crippen LogP contribution in [0.15, 0.2) is 17.0 Å². The fourth-order valence-electron chi connectivity index (χ4n) is 1.74. The van der Waals surface area contributed by atoms with E-state index in [0.717, 1.165) is 12.2 Å². The molecular formula is C12H14FNO3S. The number of aliphatic hydroxyl groups excluding tert-OH is 1. The Morgan fingerprint density at radius 1 is 1.56 bits per heavy atom. The minimum atomic E-state index is -1.26. The third-order valence-corrected chi connectivity index (χ3v) is 3.77. The van der Waals surface area contributed by atoms with Crippen LogP contribution in [-0.4, -0.2) is 30.5 Å². The number of thioether (sulfide) groups is 1. The molecule has 1 amide bonds. The number of halogens is 1. The number of nitrogens with one attached hydrogen (secondary N) is 1. The highest BCUT2D eigenvalue weighted by Gasteiger charge is 2.29. The van der Waals surface area contributed by atoms with Crippen molar-refractivity contribution in [2.75, 3.05) is 24.8 Å². The average molecular weight is 271 g/mol. The summed E-state index contributed by atoms with van der Waals surface area (Å²) >= 11 is 1.37. The number of anilines is 1. The first kappa shape index (κ1) is 13.3. The Hall–Kier alpha value is -1.11. The van der Waals surface area contributed by atoms with Crippen molar-refractivity contribution < 1.29 is 19.0 Å². The number of ether oxygens (including phenoxy) is 1. The molecule has 98 valence electrons. The fourth-order valence-corrected chi connectivity index (χ4v) is 2.62. The number of fused-ring (bicyclic) bond motifs is 1. The molecule has 1 aliphatic rings. The molecule has 1 aromatic rings. The molecule has 2 N–H and O–H groups in total. The number of benzene rings is 1. The van der Waals surface area contributed by atoms with Crippen molar-refractivity contribution in [1.29, 1.82) is 0 Å². The van der Waals surface area contributed by atoms with Crippen LogP contribution in [0.1, 0.15) is 18.1 Å². The van der Waals surface area contributed by atoms with Crippen molar-refractivity contribution in [2.24, 2.45) is 0 Å². The van der Waals surface area contributed by atoms with Crippen LogP contribution in [0.25, 0.3) is 0 Å². The first-order chi connectivity index (χ1) is 8.63. The van der Waals surface area contributed by atoms with Gasteiger partial charge >= 0.3 is 0 Å². The summed E-state index contributed by atoms with van der Waals surface area (Å²) in [6, 6.07) is 2.78. The van der Waals surface area contributed by atoms with E-state index in [4.69, 9.17) is 4.74 Å². The predicted molar refractivity (Wildman–Crippen MR) is 67.2 cm³/mol. The lowest BCUT2D eigenvalue weighted by molar-refractivity contribution is -0.123. The Labute approximate surface area is 109 Å². The number of methoxy groups -OCH3 is 1. The van der Waals surface area contributed by atoms with Crippen molar-refractivity contribution >= 4 is 23.4 Å². The Morgan fingerprint density at radius 2 is 2.33 bits per heavy atom. The van der Waals surface area contributed by atoms with Gasteiger partial charge in [-0.1, -0.05) is 0 Å². The predicted octanol–water partition coefficient (Wildman–Crippen LogP) is 1.94. The van der Waals surface area contributed by atoms with Crippen molar-refractivity contribution in [3.05, 3.63) is 23.5 Å². The van der Waals surface area contributed by atoms with E-state index >= 15 is 0 Å². The smallest absolute Gasteiger partial charge is 0.257 e. The van der Waals surface area contributed by atoms with Gasteiger partial charge in [-0.2, -0.15) is 0 Å². The van der Waals surface area contributed by atoms with Crippen LogP contribution in [0, 0.1) is 5.82 Å². The number of hydrogen-bond donors (Lipinski definition) is 2. The third-order valence-electron chi connectivity index (χ3n) is 2.66. The van der Waals surface area contributed by atoms with Crippen molar-refractivity contribution in [3.8, 4) is 0 Å². The number of aliphatic hydroxyl groups is 1. The molecule has 1 heterocycles. The summed E-state index contributed by atoms with van der Waals surface area (Å²) in [5.41, 5.74) is 0.793. The van der Waals surface area contributed by atoms with Gasteiger partial charge in [-0.15, -0.1) is 11.8 Å². The normalized spacial score (nSPS) is 17.7. The van der Waals surface area contributed by atoms with E-state index in [1.54, 1.807) is 13.2 Å². The van der Waals surface area contributed by atoms with Crippen LogP contribution >= 0.6 is 11.8 Å². The highest BCUT2D eigenvalue weighted by atomic mass is 32.2. The summed E-state index contributed by atoms with van der Waals surface area (Å²) in [5.74, 6) is -0.183. The lowest BCUT2D eigenvalue weighted by Crippen LogP contribution is -2.10. The highest BCUT2D eigenvalue weighted by molar-refractivity contribution is 7.99. The summed E-state index contributed by atoms with van der Waals surface area (Å²) in [6.07, 6.45) is -0.436. The lowest BCUT2D eigenvalue weighted by atomic mass is 10.1. The molecule has 0 bridgehead atoms. The van der Waals surface area contributed by atoms with Gasteiger partial charge in [-0.05, 0) is 18.6 Å². The maximum absolute atomic E-state index is 13.8. The summed E-state index contributed by atoms with van der Waals surface area (Å²) in [5, 5.41) is 12.0. The minimum Gasteiger partial charge on any atom is -0.385 e. The van der Waals surface area contributed by atoms with Gasteiger partial charge < -0.3 is 15.2 Å². The van der Waals surface area contributed by atoms with Gasteiger partial charge in [0.2, 0.25) is 0 Å². The standard InChI is InChI=1S/C12H14FNO3S/c1-17-3-2-4-18-10-6-9-7(5-8(10)13)11(15)12(16)14-9/h5-6,11,15H,2-4H2,1H3,(H,14,16). The highest BCUT2D eigenvalue weighted by Crippen LogP contribution is 2.36. The first-order valence-corrected chi connectivity index (χ1v) is 6.56. The molecule has 0 spiro atoms. The number of carbonyl (C=O) groups is 1. The Balaban J connectivity index is 2.10. The van der Waals surface area contributed by atoms with Crippen LogP contribution < -0.4 is 5.32 Å². The van der Waals surface area contributed by atoms with Crippen molar-refractivity contribution in [3.63, 3.8) is 0 Å².